The number of likely N-dealkylation sites (tertiary alicyclic amines) is 1. The molecule has 1 saturated carbocycles. The third-order valence-electron chi connectivity index (χ3n) is 5.45. The van der Waals surface area contributed by atoms with Crippen molar-refractivity contribution >= 4 is 24.7 Å². The largest absolute Gasteiger partial charge is 0.463 e. The lowest BCUT2D eigenvalue weighted by molar-refractivity contribution is -0.175. The van der Waals surface area contributed by atoms with E-state index in [-0.39, 0.29) is 31.9 Å². The van der Waals surface area contributed by atoms with Gasteiger partial charge in [0.15, 0.2) is 5.60 Å². The summed E-state index contributed by atoms with van der Waals surface area (Å²) in [6.45, 7) is 1.63. The van der Waals surface area contributed by atoms with E-state index in [1.165, 1.54) is 6.34 Å². The van der Waals surface area contributed by atoms with Gasteiger partial charge in [-0.1, -0.05) is 30.3 Å². The molecule has 2 fully saturated rings. The van der Waals surface area contributed by atoms with Crippen LogP contribution >= 0.6 is 12.4 Å². The lowest BCUT2D eigenvalue weighted by Crippen LogP contribution is -2.47. The highest BCUT2D eigenvalue weighted by Crippen LogP contribution is 2.47. The van der Waals surface area contributed by atoms with Crippen LogP contribution in [0.5, 0.6) is 0 Å². The molecule has 27 heavy (non-hydrogen) atoms. The van der Waals surface area contributed by atoms with Crippen molar-refractivity contribution in [1.82, 2.24) is 4.90 Å². The number of benzene rings is 1. The normalized spacial score (nSPS) is 23.7. The molecule has 1 aromatic carbocycles. The topological polar surface area (TPSA) is 73.6 Å². The van der Waals surface area contributed by atoms with Crippen LogP contribution in [0.15, 0.2) is 30.3 Å². The van der Waals surface area contributed by atoms with E-state index in [9.17, 15) is 18.7 Å². The van der Waals surface area contributed by atoms with Crippen molar-refractivity contribution in [1.29, 1.82) is 5.41 Å². The van der Waals surface area contributed by atoms with Crippen molar-refractivity contribution in [3.63, 3.8) is 0 Å². The number of alkyl halides is 2. The molecule has 2 N–H and O–H groups in total. The molecule has 1 aliphatic heterocycles. The van der Waals surface area contributed by atoms with Crippen molar-refractivity contribution in [3.05, 3.63) is 35.9 Å². The van der Waals surface area contributed by atoms with Gasteiger partial charge in [0.2, 0.25) is 5.92 Å². The number of hydrogen-bond donors (Lipinski definition) is 2. The molecule has 1 saturated heterocycles. The molecule has 5 nitrogen and oxygen atoms in total. The Labute approximate surface area is 163 Å². The number of carbonyl (C=O) groups is 1. The zero-order valence-corrected chi connectivity index (χ0v) is 15.8. The third-order valence-corrected chi connectivity index (χ3v) is 5.45. The average molecular weight is 403 g/mol. The molecule has 2 atom stereocenters. The first-order valence-corrected chi connectivity index (χ1v) is 8.93. The Kier molecular flexibility index (Phi) is 6.81. The van der Waals surface area contributed by atoms with E-state index in [0.29, 0.717) is 17.9 Å². The molecule has 150 valence electrons. The van der Waals surface area contributed by atoms with Crippen LogP contribution in [0.1, 0.15) is 31.2 Å². The zero-order chi connectivity index (χ0) is 18.8. The van der Waals surface area contributed by atoms with E-state index in [1.54, 1.807) is 30.3 Å². The molecular formula is C19H25ClF2N2O3. The zero-order valence-electron chi connectivity index (χ0n) is 14.9. The summed E-state index contributed by atoms with van der Waals surface area (Å²) in [5, 5.41) is 18.3. The van der Waals surface area contributed by atoms with Crippen LogP contribution in [0.4, 0.5) is 8.78 Å². The highest BCUT2D eigenvalue weighted by atomic mass is 35.5. The fourth-order valence-electron chi connectivity index (χ4n) is 3.85. The lowest BCUT2D eigenvalue weighted by Gasteiger charge is -2.37. The Morgan fingerprint density at radius 1 is 1.37 bits per heavy atom. The van der Waals surface area contributed by atoms with E-state index in [2.05, 4.69) is 0 Å². The Morgan fingerprint density at radius 3 is 2.59 bits per heavy atom. The summed E-state index contributed by atoms with van der Waals surface area (Å²) in [6, 6.07) is 8.23. The summed E-state index contributed by atoms with van der Waals surface area (Å²) in [4.78, 5) is 14.5. The van der Waals surface area contributed by atoms with Crippen molar-refractivity contribution in [2.24, 2.45) is 11.8 Å². The summed E-state index contributed by atoms with van der Waals surface area (Å²) < 4.78 is 32.7. The maximum atomic E-state index is 13.7. The van der Waals surface area contributed by atoms with E-state index < -0.39 is 29.8 Å². The summed E-state index contributed by atoms with van der Waals surface area (Å²) in [7, 11) is 0. The monoisotopic (exact) mass is 402 g/mol. The molecule has 0 aromatic heterocycles. The van der Waals surface area contributed by atoms with Gasteiger partial charge in [0.05, 0.1) is 12.9 Å². The number of ether oxygens (including phenoxy) is 1. The molecule has 0 spiro atoms. The predicted molar refractivity (Wildman–Crippen MR) is 99.3 cm³/mol. The van der Waals surface area contributed by atoms with E-state index >= 15 is 0 Å². The van der Waals surface area contributed by atoms with Crippen LogP contribution in [0, 0.1) is 17.2 Å². The lowest BCUT2D eigenvalue weighted by atomic mass is 9.80. The Balaban J connectivity index is 0.00000261. The number of halogens is 3. The Hall–Kier alpha value is -1.73. The molecule has 1 aliphatic carbocycles. The molecular weight excluding hydrogens is 378 g/mol. The minimum Gasteiger partial charge on any atom is -0.463 e. The van der Waals surface area contributed by atoms with Crippen molar-refractivity contribution < 1.29 is 23.4 Å². The minimum absolute atomic E-state index is 0. The highest BCUT2D eigenvalue weighted by Gasteiger charge is 2.54. The van der Waals surface area contributed by atoms with Crippen molar-refractivity contribution in [3.8, 4) is 0 Å². The van der Waals surface area contributed by atoms with Gasteiger partial charge in [-0.05, 0) is 24.3 Å². The standard InChI is InChI=1S/C19H24F2N2O3.ClH/c20-18(21)8-6-16(10-18)19(25,15-4-2-1-3-5-15)17(24)26-9-7-14-11-23(12-14)13-22;/h1-5,13-14,16,22,25H,6-12H2;1H/t16-,19+;/m1./s1. The first-order chi connectivity index (χ1) is 12.3. The second-order valence-corrected chi connectivity index (χ2v) is 7.30. The summed E-state index contributed by atoms with van der Waals surface area (Å²) >= 11 is 0. The van der Waals surface area contributed by atoms with Gasteiger partial charge in [-0.3, -0.25) is 5.41 Å². The van der Waals surface area contributed by atoms with Crippen LogP contribution in [0.25, 0.3) is 0 Å². The van der Waals surface area contributed by atoms with Gasteiger partial charge < -0.3 is 14.7 Å². The Morgan fingerprint density at radius 2 is 2.04 bits per heavy atom. The van der Waals surface area contributed by atoms with Gasteiger partial charge in [0.1, 0.15) is 0 Å². The number of nitrogens with one attached hydrogen (secondary N) is 1. The third kappa shape index (κ3) is 4.58. The maximum absolute atomic E-state index is 13.7. The van der Waals surface area contributed by atoms with Crippen LogP contribution in [-0.4, -0.2) is 47.9 Å². The quantitative estimate of drug-likeness (QED) is 0.417. The number of rotatable bonds is 7. The second kappa shape index (κ2) is 8.52. The molecule has 1 heterocycles. The SMILES string of the molecule is Cl.N=CN1CC(CCOC(=O)[C@](O)(c2ccccc2)[C@@H]2CCC(F)(F)C2)C1. The van der Waals surface area contributed by atoms with Gasteiger partial charge in [0.25, 0.3) is 0 Å². The average Bonchev–Trinajstić information content (AvgIpc) is 2.97. The number of carbonyl (C=O) groups excluding carboxylic acids is 1. The smallest absolute Gasteiger partial charge is 0.343 e. The molecule has 0 amide bonds. The molecule has 8 heteroatoms. The van der Waals surface area contributed by atoms with E-state index in [1.807, 2.05) is 4.90 Å². The van der Waals surface area contributed by atoms with Gasteiger partial charge >= 0.3 is 5.97 Å². The van der Waals surface area contributed by atoms with E-state index in [0.717, 1.165) is 13.1 Å². The van der Waals surface area contributed by atoms with Crippen molar-refractivity contribution in [2.75, 3.05) is 19.7 Å². The van der Waals surface area contributed by atoms with Gasteiger partial charge in [-0.2, -0.15) is 0 Å². The molecule has 3 rings (SSSR count). The summed E-state index contributed by atoms with van der Waals surface area (Å²) in [6.07, 6.45) is 1.12. The molecule has 0 radical (unpaired) electrons. The van der Waals surface area contributed by atoms with Crippen LogP contribution in [-0.2, 0) is 15.1 Å². The molecule has 1 aromatic rings. The first kappa shape index (κ1) is 21.6. The summed E-state index contributed by atoms with van der Waals surface area (Å²) in [5.41, 5.74) is -1.76. The van der Waals surface area contributed by atoms with Crippen molar-refractivity contribution in [2.45, 2.75) is 37.2 Å². The Bertz CT molecular complexity index is 656. The number of nitrogens with zero attached hydrogens (tertiary/aromatic N) is 1. The molecule has 2 aliphatic rings. The van der Waals surface area contributed by atoms with Gasteiger partial charge in [0, 0.05) is 31.8 Å². The number of aliphatic hydroxyl groups is 1. The summed E-state index contributed by atoms with van der Waals surface area (Å²) in [5.74, 6) is -4.25. The van der Waals surface area contributed by atoms with Crippen LogP contribution in [0.2, 0.25) is 0 Å². The molecule has 0 bridgehead atoms. The highest BCUT2D eigenvalue weighted by molar-refractivity contribution is 5.85. The maximum Gasteiger partial charge on any atom is 0.343 e. The fourth-order valence-corrected chi connectivity index (χ4v) is 3.85. The fraction of sp³-hybridized carbons (Fsp3) is 0.579. The molecule has 0 unspecified atom stereocenters. The van der Waals surface area contributed by atoms with E-state index in [4.69, 9.17) is 10.1 Å². The minimum atomic E-state index is -2.87. The van der Waals surface area contributed by atoms with Crippen LogP contribution in [0.3, 0.4) is 0 Å². The number of hydrogen-bond acceptors (Lipinski definition) is 4. The second-order valence-electron chi connectivity index (χ2n) is 7.30. The first-order valence-electron chi connectivity index (χ1n) is 8.93. The van der Waals surface area contributed by atoms with Gasteiger partial charge in [-0.25, -0.2) is 13.6 Å². The van der Waals surface area contributed by atoms with Gasteiger partial charge in [-0.15, -0.1) is 12.4 Å². The predicted octanol–water partition coefficient (Wildman–Crippen LogP) is 3.20. The van der Waals surface area contributed by atoms with Crippen LogP contribution < -0.4 is 0 Å². The number of esters is 1.